The summed E-state index contributed by atoms with van der Waals surface area (Å²) in [6.45, 7) is 5.60. The van der Waals surface area contributed by atoms with Gasteiger partial charge in [0.05, 0.1) is 0 Å². The summed E-state index contributed by atoms with van der Waals surface area (Å²) in [6, 6.07) is 10.6. The Balaban J connectivity index is 1.70. The number of nitrogens with zero attached hydrogens (tertiary/aromatic N) is 4. The number of ether oxygens (including phenoxy) is 1. The predicted octanol–water partition coefficient (Wildman–Crippen LogP) is 3.44. The first-order valence-corrected chi connectivity index (χ1v) is 7.83. The lowest BCUT2D eigenvalue weighted by atomic mass is 9.95. The van der Waals surface area contributed by atoms with Crippen molar-refractivity contribution < 1.29 is 9.53 Å². The minimum atomic E-state index is -0.445. The van der Waals surface area contributed by atoms with E-state index in [2.05, 4.69) is 20.4 Å². The second-order valence-electron chi connectivity index (χ2n) is 6.50. The quantitative estimate of drug-likeness (QED) is 0.788. The summed E-state index contributed by atoms with van der Waals surface area (Å²) in [5.41, 5.74) is 0.270. The molecule has 7 nitrogen and oxygen atoms in total. The van der Waals surface area contributed by atoms with Crippen molar-refractivity contribution in [3.63, 3.8) is 0 Å². The van der Waals surface area contributed by atoms with E-state index in [0.717, 1.165) is 0 Å². The molecule has 25 heavy (non-hydrogen) atoms. The standard InChI is InChI=1S/C18H19N5O2/c1-18(2,3)17(24)22-13-5-7-14(8-6-13)25-16-11-15(19-12-20-16)23-10-4-9-21-23/h4-12H,1-3H3,(H,22,24). The SMILES string of the molecule is CC(C)(C)C(=O)Nc1ccc(Oc2cc(-n3cccn3)ncn2)cc1. The van der Waals surface area contributed by atoms with Crippen LogP contribution < -0.4 is 10.1 Å². The lowest BCUT2D eigenvalue weighted by Crippen LogP contribution is -2.27. The van der Waals surface area contributed by atoms with Gasteiger partial charge in [0.1, 0.15) is 12.1 Å². The molecule has 0 atom stereocenters. The van der Waals surface area contributed by atoms with E-state index < -0.39 is 5.41 Å². The fraction of sp³-hybridized carbons (Fsp3) is 0.222. The van der Waals surface area contributed by atoms with E-state index >= 15 is 0 Å². The highest BCUT2D eigenvalue weighted by Gasteiger charge is 2.21. The van der Waals surface area contributed by atoms with Crippen LogP contribution in [0.15, 0.2) is 55.1 Å². The maximum atomic E-state index is 12.0. The van der Waals surface area contributed by atoms with Gasteiger partial charge in [-0.3, -0.25) is 4.79 Å². The molecule has 0 unspecified atom stereocenters. The minimum Gasteiger partial charge on any atom is -0.439 e. The Kier molecular flexibility index (Phi) is 4.47. The maximum Gasteiger partial charge on any atom is 0.229 e. The van der Waals surface area contributed by atoms with Crippen LogP contribution in [-0.2, 0) is 4.79 Å². The van der Waals surface area contributed by atoms with Crippen LogP contribution >= 0.6 is 0 Å². The zero-order chi connectivity index (χ0) is 17.9. The van der Waals surface area contributed by atoms with Crippen LogP contribution in [0.3, 0.4) is 0 Å². The van der Waals surface area contributed by atoms with Crippen LogP contribution in [0.1, 0.15) is 20.8 Å². The average molecular weight is 337 g/mol. The molecule has 0 aliphatic carbocycles. The zero-order valence-corrected chi connectivity index (χ0v) is 14.3. The average Bonchev–Trinajstić information content (AvgIpc) is 3.11. The molecule has 3 rings (SSSR count). The summed E-state index contributed by atoms with van der Waals surface area (Å²) < 4.78 is 7.36. The first kappa shape index (κ1) is 16.6. The first-order valence-electron chi connectivity index (χ1n) is 7.83. The Morgan fingerprint density at radius 2 is 1.92 bits per heavy atom. The number of hydrogen-bond acceptors (Lipinski definition) is 5. The van der Waals surface area contributed by atoms with Crippen molar-refractivity contribution in [1.82, 2.24) is 19.7 Å². The number of amides is 1. The van der Waals surface area contributed by atoms with E-state index in [9.17, 15) is 4.79 Å². The Morgan fingerprint density at radius 3 is 2.56 bits per heavy atom. The second-order valence-corrected chi connectivity index (χ2v) is 6.50. The highest BCUT2D eigenvalue weighted by molar-refractivity contribution is 5.94. The van der Waals surface area contributed by atoms with Gasteiger partial charge in [0.25, 0.3) is 0 Å². The fourth-order valence-electron chi connectivity index (χ4n) is 1.96. The molecular weight excluding hydrogens is 318 g/mol. The van der Waals surface area contributed by atoms with E-state index in [0.29, 0.717) is 23.1 Å². The number of nitrogens with one attached hydrogen (secondary N) is 1. The van der Waals surface area contributed by atoms with Crippen LogP contribution in [0.5, 0.6) is 11.6 Å². The van der Waals surface area contributed by atoms with E-state index in [1.807, 2.05) is 26.8 Å². The van der Waals surface area contributed by atoms with Gasteiger partial charge in [-0.15, -0.1) is 0 Å². The third-order valence-electron chi connectivity index (χ3n) is 3.38. The molecule has 1 amide bonds. The molecule has 2 aromatic heterocycles. The van der Waals surface area contributed by atoms with Gasteiger partial charge >= 0.3 is 0 Å². The molecule has 1 aromatic carbocycles. The van der Waals surface area contributed by atoms with Crippen LogP contribution in [0, 0.1) is 5.41 Å². The number of anilines is 1. The predicted molar refractivity (Wildman–Crippen MR) is 93.8 cm³/mol. The molecule has 0 saturated heterocycles. The molecule has 128 valence electrons. The molecule has 0 spiro atoms. The van der Waals surface area contributed by atoms with Gasteiger partial charge < -0.3 is 10.1 Å². The van der Waals surface area contributed by atoms with E-state index in [1.54, 1.807) is 47.4 Å². The maximum absolute atomic E-state index is 12.0. The van der Waals surface area contributed by atoms with Crippen molar-refractivity contribution in [3.05, 3.63) is 55.1 Å². The molecule has 0 saturated carbocycles. The van der Waals surface area contributed by atoms with Gasteiger partial charge in [-0.1, -0.05) is 20.8 Å². The summed E-state index contributed by atoms with van der Waals surface area (Å²) in [5, 5.41) is 6.99. The Morgan fingerprint density at radius 1 is 1.16 bits per heavy atom. The molecule has 1 N–H and O–H groups in total. The van der Waals surface area contributed by atoms with Crippen molar-refractivity contribution >= 4 is 11.6 Å². The normalized spacial score (nSPS) is 11.2. The van der Waals surface area contributed by atoms with Crippen LogP contribution in [0.4, 0.5) is 5.69 Å². The number of hydrogen-bond donors (Lipinski definition) is 1. The fourth-order valence-corrected chi connectivity index (χ4v) is 1.96. The number of benzene rings is 1. The van der Waals surface area contributed by atoms with Crippen molar-refractivity contribution in [2.75, 3.05) is 5.32 Å². The highest BCUT2D eigenvalue weighted by atomic mass is 16.5. The molecule has 2 heterocycles. The number of carbonyl (C=O) groups is 1. The van der Waals surface area contributed by atoms with Gasteiger partial charge in [-0.2, -0.15) is 5.10 Å². The van der Waals surface area contributed by atoms with Gasteiger partial charge in [0, 0.05) is 29.6 Å². The van der Waals surface area contributed by atoms with Crippen molar-refractivity contribution in [2.45, 2.75) is 20.8 Å². The third-order valence-corrected chi connectivity index (χ3v) is 3.38. The summed E-state index contributed by atoms with van der Waals surface area (Å²) in [5.74, 6) is 1.59. The zero-order valence-electron chi connectivity index (χ0n) is 14.3. The first-order chi connectivity index (χ1) is 11.9. The number of aromatic nitrogens is 4. The third kappa shape index (κ3) is 4.20. The van der Waals surface area contributed by atoms with Gasteiger partial charge in [0.15, 0.2) is 5.82 Å². The molecule has 7 heteroatoms. The monoisotopic (exact) mass is 337 g/mol. The highest BCUT2D eigenvalue weighted by Crippen LogP contribution is 2.23. The number of carbonyl (C=O) groups excluding carboxylic acids is 1. The molecule has 0 radical (unpaired) electrons. The van der Waals surface area contributed by atoms with E-state index in [1.165, 1.54) is 6.33 Å². The smallest absolute Gasteiger partial charge is 0.229 e. The van der Waals surface area contributed by atoms with Crippen LogP contribution in [-0.4, -0.2) is 25.7 Å². The Labute approximate surface area is 145 Å². The molecule has 0 aliphatic heterocycles. The van der Waals surface area contributed by atoms with Crippen LogP contribution in [0.2, 0.25) is 0 Å². The molecular formula is C18H19N5O2. The largest absolute Gasteiger partial charge is 0.439 e. The summed E-state index contributed by atoms with van der Waals surface area (Å²) >= 11 is 0. The van der Waals surface area contributed by atoms with E-state index in [-0.39, 0.29) is 5.91 Å². The van der Waals surface area contributed by atoms with E-state index in [4.69, 9.17) is 4.74 Å². The molecule has 3 aromatic rings. The van der Waals surface area contributed by atoms with Gasteiger partial charge in [0.2, 0.25) is 11.8 Å². The second kappa shape index (κ2) is 6.72. The van der Waals surface area contributed by atoms with Crippen molar-refractivity contribution in [2.24, 2.45) is 5.41 Å². The summed E-state index contributed by atoms with van der Waals surface area (Å²) in [4.78, 5) is 20.3. The lowest BCUT2D eigenvalue weighted by Gasteiger charge is -2.17. The summed E-state index contributed by atoms with van der Waals surface area (Å²) in [6.07, 6.45) is 4.89. The van der Waals surface area contributed by atoms with Gasteiger partial charge in [-0.25, -0.2) is 14.6 Å². The topological polar surface area (TPSA) is 81.9 Å². The van der Waals surface area contributed by atoms with Crippen LogP contribution in [0.25, 0.3) is 5.82 Å². The molecule has 0 fully saturated rings. The Bertz CT molecular complexity index is 852. The Hall–Kier alpha value is -3.22. The lowest BCUT2D eigenvalue weighted by molar-refractivity contribution is -0.123. The minimum absolute atomic E-state index is 0.0409. The summed E-state index contributed by atoms with van der Waals surface area (Å²) in [7, 11) is 0. The number of rotatable bonds is 4. The van der Waals surface area contributed by atoms with Crippen molar-refractivity contribution in [1.29, 1.82) is 0 Å². The molecule has 0 bridgehead atoms. The van der Waals surface area contributed by atoms with Gasteiger partial charge in [-0.05, 0) is 30.3 Å². The van der Waals surface area contributed by atoms with Crippen molar-refractivity contribution in [3.8, 4) is 17.4 Å². The molecule has 0 aliphatic rings.